The summed E-state index contributed by atoms with van der Waals surface area (Å²) < 4.78 is 0. The first kappa shape index (κ1) is 8.85. The molecule has 0 radical (unpaired) electrons. The van der Waals surface area contributed by atoms with Crippen LogP contribution in [0.1, 0.15) is 12.5 Å². The van der Waals surface area contributed by atoms with Gasteiger partial charge in [0.25, 0.3) is 0 Å². The van der Waals surface area contributed by atoms with Crippen molar-refractivity contribution in [1.29, 1.82) is 0 Å². The summed E-state index contributed by atoms with van der Waals surface area (Å²) in [6.07, 6.45) is 4.15. The Bertz CT molecular complexity index is 274. The average molecular weight is 161 g/mol. The Kier molecular flexibility index (Phi) is 2.92. The number of hydrogen-bond acceptors (Lipinski definition) is 1. The minimum absolute atomic E-state index is 1.24. The minimum Gasteiger partial charge on any atom is -0.378 e. The number of benzene rings is 1. The average Bonchev–Trinajstić information content (AvgIpc) is 2.05. The van der Waals surface area contributed by atoms with Gasteiger partial charge in [0.05, 0.1) is 0 Å². The van der Waals surface area contributed by atoms with Crippen LogP contribution in [0.3, 0.4) is 0 Å². The molecule has 0 aromatic heterocycles. The third-order valence-electron chi connectivity index (χ3n) is 1.75. The minimum atomic E-state index is 1.24. The molecule has 0 amide bonds. The van der Waals surface area contributed by atoms with Crippen molar-refractivity contribution in [3.05, 3.63) is 35.9 Å². The Morgan fingerprint density at radius 2 is 2.00 bits per heavy atom. The van der Waals surface area contributed by atoms with Crippen molar-refractivity contribution in [2.75, 3.05) is 19.0 Å². The van der Waals surface area contributed by atoms with Crippen molar-refractivity contribution >= 4 is 11.8 Å². The van der Waals surface area contributed by atoms with Crippen LogP contribution >= 0.6 is 0 Å². The van der Waals surface area contributed by atoms with Crippen LogP contribution in [-0.4, -0.2) is 14.1 Å². The molecular weight excluding hydrogens is 146 g/mol. The van der Waals surface area contributed by atoms with Gasteiger partial charge >= 0.3 is 0 Å². The van der Waals surface area contributed by atoms with Gasteiger partial charge in [0.2, 0.25) is 0 Å². The predicted molar refractivity (Wildman–Crippen MR) is 55.5 cm³/mol. The third-order valence-corrected chi connectivity index (χ3v) is 1.75. The summed E-state index contributed by atoms with van der Waals surface area (Å²) in [4.78, 5) is 2.10. The van der Waals surface area contributed by atoms with Crippen LogP contribution in [0.5, 0.6) is 0 Å². The molecule has 0 saturated heterocycles. The van der Waals surface area contributed by atoms with E-state index in [-0.39, 0.29) is 0 Å². The molecular formula is C11H15N. The first-order valence-electron chi connectivity index (χ1n) is 4.14. The van der Waals surface area contributed by atoms with Crippen LogP contribution in [0.25, 0.3) is 6.08 Å². The molecule has 0 N–H and O–H groups in total. The largest absolute Gasteiger partial charge is 0.378 e. The van der Waals surface area contributed by atoms with Crippen LogP contribution in [-0.2, 0) is 0 Å². The van der Waals surface area contributed by atoms with Crippen LogP contribution in [0.2, 0.25) is 0 Å². The van der Waals surface area contributed by atoms with E-state index in [1.54, 1.807) is 0 Å². The maximum absolute atomic E-state index is 2.17. The van der Waals surface area contributed by atoms with Crippen LogP contribution in [0.4, 0.5) is 5.69 Å². The molecule has 1 rings (SSSR count). The fourth-order valence-corrected chi connectivity index (χ4v) is 1.10. The van der Waals surface area contributed by atoms with Crippen molar-refractivity contribution < 1.29 is 0 Å². The normalized spacial score (nSPS) is 10.6. The van der Waals surface area contributed by atoms with Crippen molar-refractivity contribution in [2.24, 2.45) is 0 Å². The van der Waals surface area contributed by atoms with E-state index in [9.17, 15) is 0 Å². The summed E-state index contributed by atoms with van der Waals surface area (Å²) in [6, 6.07) is 8.45. The second kappa shape index (κ2) is 3.96. The van der Waals surface area contributed by atoms with E-state index in [4.69, 9.17) is 0 Å². The summed E-state index contributed by atoms with van der Waals surface area (Å²) in [6.45, 7) is 2.03. The standard InChI is InChI=1S/C11H15N/c1-4-6-10-7-5-8-11(9-10)12(2)3/h4-9H,1-3H3. The molecule has 0 spiro atoms. The molecule has 0 fully saturated rings. The molecule has 1 nitrogen and oxygen atoms in total. The van der Waals surface area contributed by atoms with E-state index in [0.29, 0.717) is 0 Å². The van der Waals surface area contributed by atoms with E-state index in [0.717, 1.165) is 0 Å². The van der Waals surface area contributed by atoms with Gasteiger partial charge in [0.1, 0.15) is 0 Å². The van der Waals surface area contributed by atoms with E-state index in [1.165, 1.54) is 11.3 Å². The quantitative estimate of drug-likeness (QED) is 0.644. The lowest BCUT2D eigenvalue weighted by Gasteiger charge is -2.12. The Morgan fingerprint density at radius 1 is 1.25 bits per heavy atom. The molecule has 0 heterocycles. The second-order valence-electron chi connectivity index (χ2n) is 2.99. The summed E-state index contributed by atoms with van der Waals surface area (Å²) in [5, 5.41) is 0. The smallest absolute Gasteiger partial charge is 0.0367 e. The van der Waals surface area contributed by atoms with Crippen LogP contribution in [0.15, 0.2) is 30.3 Å². The Morgan fingerprint density at radius 3 is 2.58 bits per heavy atom. The summed E-state index contributed by atoms with van der Waals surface area (Å²) in [5.41, 5.74) is 2.49. The molecule has 0 bridgehead atoms. The lowest BCUT2D eigenvalue weighted by Crippen LogP contribution is -2.08. The highest BCUT2D eigenvalue weighted by atomic mass is 15.1. The van der Waals surface area contributed by atoms with Gasteiger partial charge in [-0.15, -0.1) is 0 Å². The number of anilines is 1. The maximum atomic E-state index is 2.17. The third kappa shape index (κ3) is 2.12. The maximum Gasteiger partial charge on any atom is 0.0367 e. The van der Waals surface area contributed by atoms with E-state index < -0.39 is 0 Å². The summed E-state index contributed by atoms with van der Waals surface area (Å²) in [7, 11) is 4.10. The van der Waals surface area contributed by atoms with Gasteiger partial charge in [-0.05, 0) is 24.6 Å². The molecule has 0 aliphatic rings. The molecule has 0 atom stereocenters. The zero-order chi connectivity index (χ0) is 8.97. The molecule has 1 aromatic rings. The molecule has 0 unspecified atom stereocenters. The molecule has 64 valence electrons. The van der Waals surface area contributed by atoms with Gasteiger partial charge in [-0.3, -0.25) is 0 Å². The van der Waals surface area contributed by atoms with Crippen molar-refractivity contribution in [3.8, 4) is 0 Å². The first-order chi connectivity index (χ1) is 5.74. The van der Waals surface area contributed by atoms with E-state index >= 15 is 0 Å². The molecule has 0 saturated carbocycles. The Labute approximate surface area is 74.3 Å². The molecule has 1 aromatic carbocycles. The predicted octanol–water partition coefficient (Wildman–Crippen LogP) is 2.79. The lowest BCUT2D eigenvalue weighted by molar-refractivity contribution is 1.13. The zero-order valence-electron chi connectivity index (χ0n) is 7.91. The van der Waals surface area contributed by atoms with Crippen LogP contribution < -0.4 is 4.90 Å². The Hall–Kier alpha value is -1.24. The second-order valence-corrected chi connectivity index (χ2v) is 2.99. The van der Waals surface area contributed by atoms with Gasteiger partial charge in [0.15, 0.2) is 0 Å². The topological polar surface area (TPSA) is 3.24 Å². The van der Waals surface area contributed by atoms with Gasteiger partial charge in [-0.25, -0.2) is 0 Å². The number of hydrogen-bond donors (Lipinski definition) is 0. The van der Waals surface area contributed by atoms with E-state index in [1.807, 2.05) is 6.92 Å². The SMILES string of the molecule is CC=Cc1cccc(N(C)C)c1. The highest BCUT2D eigenvalue weighted by Crippen LogP contribution is 2.13. The van der Waals surface area contributed by atoms with Gasteiger partial charge in [-0.2, -0.15) is 0 Å². The molecule has 12 heavy (non-hydrogen) atoms. The monoisotopic (exact) mass is 161 g/mol. The molecule has 0 aliphatic heterocycles. The fraction of sp³-hybridized carbons (Fsp3) is 0.273. The van der Waals surface area contributed by atoms with Gasteiger partial charge in [0, 0.05) is 19.8 Å². The summed E-state index contributed by atoms with van der Waals surface area (Å²) >= 11 is 0. The number of rotatable bonds is 2. The summed E-state index contributed by atoms with van der Waals surface area (Å²) in [5.74, 6) is 0. The first-order valence-corrected chi connectivity index (χ1v) is 4.14. The Balaban J connectivity index is 2.95. The van der Waals surface area contributed by atoms with Crippen molar-refractivity contribution in [1.82, 2.24) is 0 Å². The highest BCUT2D eigenvalue weighted by Gasteiger charge is 1.93. The van der Waals surface area contributed by atoms with Crippen molar-refractivity contribution in [2.45, 2.75) is 6.92 Å². The number of nitrogens with zero attached hydrogens (tertiary/aromatic N) is 1. The molecule has 0 aliphatic carbocycles. The van der Waals surface area contributed by atoms with Crippen LogP contribution in [0, 0.1) is 0 Å². The van der Waals surface area contributed by atoms with Crippen molar-refractivity contribution in [3.63, 3.8) is 0 Å². The lowest BCUT2D eigenvalue weighted by atomic mass is 10.2. The number of allylic oxidation sites excluding steroid dienone is 1. The highest BCUT2D eigenvalue weighted by molar-refractivity contribution is 5.57. The van der Waals surface area contributed by atoms with E-state index in [2.05, 4.69) is 55.4 Å². The molecule has 1 heteroatoms. The zero-order valence-corrected chi connectivity index (χ0v) is 7.91. The van der Waals surface area contributed by atoms with Gasteiger partial charge < -0.3 is 4.90 Å². The van der Waals surface area contributed by atoms with Gasteiger partial charge in [-0.1, -0.05) is 24.3 Å². The fourth-order valence-electron chi connectivity index (χ4n) is 1.10.